The molecule has 172 valence electrons. The highest BCUT2D eigenvalue weighted by Crippen LogP contribution is 2.50. The Morgan fingerprint density at radius 1 is 1.24 bits per heavy atom. The van der Waals surface area contributed by atoms with Crippen molar-refractivity contribution in [1.29, 1.82) is 5.26 Å². The van der Waals surface area contributed by atoms with E-state index in [1.807, 2.05) is 6.07 Å². The molecule has 1 aliphatic heterocycles. The molecule has 0 amide bonds. The van der Waals surface area contributed by atoms with Gasteiger partial charge in [-0.2, -0.15) is 18.4 Å². The second-order valence-corrected chi connectivity index (χ2v) is 10.1. The van der Waals surface area contributed by atoms with Crippen LogP contribution in [-0.4, -0.2) is 35.3 Å². The summed E-state index contributed by atoms with van der Waals surface area (Å²) >= 11 is 1.06. The smallest absolute Gasteiger partial charge is 0.380 e. The summed E-state index contributed by atoms with van der Waals surface area (Å²) in [6.45, 7) is 1.55. The summed E-state index contributed by atoms with van der Waals surface area (Å²) in [5.74, 6) is 0.337. The monoisotopic (exact) mass is 475 g/mol. The van der Waals surface area contributed by atoms with Gasteiger partial charge < -0.3 is 10.2 Å². The number of nitriles is 1. The Kier molecular flexibility index (Phi) is 5.40. The number of rotatable bonds is 5. The van der Waals surface area contributed by atoms with Gasteiger partial charge in [-0.15, -0.1) is 11.3 Å². The van der Waals surface area contributed by atoms with Crippen LogP contribution < -0.4 is 10.2 Å². The highest BCUT2D eigenvalue weighted by atomic mass is 32.1. The molecule has 1 saturated heterocycles. The molecule has 1 saturated carbocycles. The van der Waals surface area contributed by atoms with Gasteiger partial charge in [0.1, 0.15) is 22.8 Å². The number of aromatic nitrogens is 2. The molecule has 10 heteroatoms. The van der Waals surface area contributed by atoms with Gasteiger partial charge >= 0.3 is 6.18 Å². The van der Waals surface area contributed by atoms with E-state index in [9.17, 15) is 17.6 Å². The topological polar surface area (TPSA) is 64.8 Å². The SMILES string of the molecule is N#CCc1ccc(NC2CC3(CCN(c4ncnc5sc(CC(F)(F)F)cc45)C3)C2)c(F)c1. The van der Waals surface area contributed by atoms with Crippen LogP contribution in [0.1, 0.15) is 29.7 Å². The van der Waals surface area contributed by atoms with Crippen molar-refractivity contribution >= 4 is 33.1 Å². The number of nitrogens with one attached hydrogen (secondary N) is 1. The predicted octanol–water partition coefficient (Wildman–Crippen LogP) is 5.47. The van der Waals surface area contributed by atoms with E-state index in [-0.39, 0.29) is 28.6 Å². The third-order valence-electron chi connectivity index (χ3n) is 6.51. The van der Waals surface area contributed by atoms with Gasteiger partial charge in [-0.1, -0.05) is 6.07 Å². The molecule has 3 heterocycles. The third kappa shape index (κ3) is 4.47. The Bertz CT molecular complexity index is 1230. The van der Waals surface area contributed by atoms with E-state index in [2.05, 4.69) is 20.2 Å². The Morgan fingerprint density at radius 3 is 2.79 bits per heavy atom. The zero-order chi connectivity index (χ0) is 23.2. The standard InChI is InChI=1S/C23H21F4N5S/c24-18-7-14(3-5-28)1-2-19(18)31-15-9-22(10-15)4-6-32(12-22)20-17-8-16(11-23(25,26)27)33-21(17)30-13-29-20/h1-2,7-8,13,15,31H,3-4,6,9-12H2. The van der Waals surface area contributed by atoms with Crippen molar-refractivity contribution in [2.24, 2.45) is 5.41 Å². The van der Waals surface area contributed by atoms with Gasteiger partial charge in [-0.25, -0.2) is 14.4 Å². The van der Waals surface area contributed by atoms with E-state index in [4.69, 9.17) is 5.26 Å². The summed E-state index contributed by atoms with van der Waals surface area (Å²) in [6.07, 6.45) is -0.882. The number of hydrogen-bond donors (Lipinski definition) is 1. The Balaban J connectivity index is 1.25. The maximum absolute atomic E-state index is 14.3. The first-order valence-corrected chi connectivity index (χ1v) is 11.5. The lowest BCUT2D eigenvalue weighted by molar-refractivity contribution is -0.126. The van der Waals surface area contributed by atoms with Crippen LogP contribution in [0.5, 0.6) is 0 Å². The quantitative estimate of drug-likeness (QED) is 0.496. The maximum atomic E-state index is 14.3. The van der Waals surface area contributed by atoms with Crippen molar-refractivity contribution in [3.05, 3.63) is 46.9 Å². The van der Waals surface area contributed by atoms with Crippen LogP contribution in [0, 0.1) is 22.6 Å². The highest BCUT2D eigenvalue weighted by Gasteiger charge is 2.49. The van der Waals surface area contributed by atoms with Gasteiger partial charge in [0.25, 0.3) is 0 Å². The molecular weight excluding hydrogens is 454 g/mol. The minimum atomic E-state index is -4.25. The Morgan fingerprint density at radius 2 is 2.06 bits per heavy atom. The number of benzene rings is 1. The number of hydrogen-bond acceptors (Lipinski definition) is 6. The summed E-state index contributed by atoms with van der Waals surface area (Å²) in [5, 5.41) is 12.7. The van der Waals surface area contributed by atoms with Gasteiger partial charge in [-0.3, -0.25) is 0 Å². The van der Waals surface area contributed by atoms with Gasteiger partial charge in [0, 0.05) is 24.0 Å². The van der Waals surface area contributed by atoms with Crippen LogP contribution in [0.3, 0.4) is 0 Å². The second-order valence-electron chi connectivity index (χ2n) is 8.99. The van der Waals surface area contributed by atoms with E-state index in [1.165, 1.54) is 12.4 Å². The van der Waals surface area contributed by atoms with E-state index >= 15 is 0 Å². The maximum Gasteiger partial charge on any atom is 0.393 e. The molecule has 1 aromatic carbocycles. The summed E-state index contributed by atoms with van der Waals surface area (Å²) in [6, 6.07) is 8.58. The van der Waals surface area contributed by atoms with Crippen LogP contribution in [0.2, 0.25) is 0 Å². The molecule has 0 atom stereocenters. The molecule has 3 aromatic rings. The fourth-order valence-corrected chi connectivity index (χ4v) is 6.08. The molecule has 33 heavy (non-hydrogen) atoms. The number of thiophene rings is 1. The molecular formula is C23H21F4N5S. The zero-order valence-corrected chi connectivity index (χ0v) is 18.4. The fraction of sp³-hybridized carbons (Fsp3) is 0.435. The molecule has 0 bridgehead atoms. The van der Waals surface area contributed by atoms with Crippen molar-refractivity contribution in [2.75, 3.05) is 23.3 Å². The van der Waals surface area contributed by atoms with Crippen LogP contribution in [0.4, 0.5) is 29.1 Å². The Labute approximate surface area is 192 Å². The molecule has 0 radical (unpaired) electrons. The van der Waals surface area contributed by atoms with Gasteiger partial charge in [-0.05, 0) is 48.4 Å². The minimum absolute atomic E-state index is 0.0942. The summed E-state index contributed by atoms with van der Waals surface area (Å²) < 4.78 is 52.8. The minimum Gasteiger partial charge on any atom is -0.380 e. The van der Waals surface area contributed by atoms with Crippen LogP contribution in [0.25, 0.3) is 10.2 Å². The first-order valence-electron chi connectivity index (χ1n) is 10.7. The lowest BCUT2D eigenvalue weighted by Crippen LogP contribution is -2.47. The first kappa shape index (κ1) is 21.9. The van der Waals surface area contributed by atoms with E-state index in [0.717, 1.165) is 43.7 Å². The molecule has 5 rings (SSSR count). The van der Waals surface area contributed by atoms with Crippen molar-refractivity contribution in [2.45, 2.75) is 44.3 Å². The average molecular weight is 476 g/mol. The number of halogens is 4. The van der Waals surface area contributed by atoms with Gasteiger partial charge in [0.05, 0.1) is 30.0 Å². The molecule has 2 aliphatic rings. The molecule has 1 spiro atoms. The van der Waals surface area contributed by atoms with Gasteiger partial charge in [0.15, 0.2) is 0 Å². The lowest BCUT2D eigenvalue weighted by Gasteiger charge is -2.46. The molecule has 2 aromatic heterocycles. The zero-order valence-electron chi connectivity index (χ0n) is 17.6. The third-order valence-corrected chi connectivity index (χ3v) is 7.55. The average Bonchev–Trinajstić information content (AvgIpc) is 3.32. The van der Waals surface area contributed by atoms with Crippen molar-refractivity contribution in [3.8, 4) is 6.07 Å². The number of anilines is 2. The van der Waals surface area contributed by atoms with E-state index < -0.39 is 12.6 Å². The summed E-state index contributed by atoms with van der Waals surface area (Å²) in [7, 11) is 0. The van der Waals surface area contributed by atoms with E-state index in [0.29, 0.717) is 27.3 Å². The molecule has 2 fully saturated rings. The Hall–Kier alpha value is -2.93. The number of nitrogens with zero attached hydrogens (tertiary/aromatic N) is 4. The van der Waals surface area contributed by atoms with Crippen LogP contribution in [0.15, 0.2) is 30.6 Å². The lowest BCUT2D eigenvalue weighted by atomic mass is 9.65. The molecule has 5 nitrogen and oxygen atoms in total. The number of fused-ring (bicyclic) bond motifs is 1. The molecule has 0 unspecified atom stereocenters. The largest absolute Gasteiger partial charge is 0.393 e. The summed E-state index contributed by atoms with van der Waals surface area (Å²) in [4.78, 5) is 11.5. The normalized spacial score (nSPS) is 22.5. The molecule has 1 aliphatic carbocycles. The van der Waals surface area contributed by atoms with E-state index in [1.54, 1.807) is 18.2 Å². The first-order chi connectivity index (χ1) is 15.7. The summed E-state index contributed by atoms with van der Waals surface area (Å²) in [5.41, 5.74) is 1.19. The highest BCUT2D eigenvalue weighted by molar-refractivity contribution is 7.18. The predicted molar refractivity (Wildman–Crippen MR) is 119 cm³/mol. The van der Waals surface area contributed by atoms with Crippen LogP contribution >= 0.6 is 11.3 Å². The van der Waals surface area contributed by atoms with Crippen molar-refractivity contribution in [3.63, 3.8) is 0 Å². The van der Waals surface area contributed by atoms with Crippen molar-refractivity contribution in [1.82, 2.24) is 9.97 Å². The van der Waals surface area contributed by atoms with Crippen molar-refractivity contribution < 1.29 is 17.6 Å². The number of alkyl halides is 3. The van der Waals surface area contributed by atoms with Crippen LogP contribution in [-0.2, 0) is 12.8 Å². The fourth-order valence-electron chi connectivity index (χ4n) is 5.06. The molecule has 1 N–H and O–H groups in total. The second kappa shape index (κ2) is 8.13. The van der Waals surface area contributed by atoms with Gasteiger partial charge in [0.2, 0.25) is 0 Å².